The summed E-state index contributed by atoms with van der Waals surface area (Å²) in [4.78, 5) is 99.3. The molecule has 1 saturated heterocycles. The summed E-state index contributed by atoms with van der Waals surface area (Å²) >= 11 is 0. The Hall–Kier alpha value is -6.45. The highest BCUT2D eigenvalue weighted by atomic mass is 32.2. The predicted molar refractivity (Wildman–Crippen MR) is 269 cm³/mol. The molecule has 1 fully saturated rings. The van der Waals surface area contributed by atoms with Gasteiger partial charge in [0, 0.05) is 19.5 Å². The van der Waals surface area contributed by atoms with Crippen LogP contribution in [0.1, 0.15) is 128 Å². The lowest BCUT2D eigenvalue weighted by Gasteiger charge is -2.35. The number of rotatable bonds is 15. The molecule has 2 aromatic rings. The second-order valence-corrected chi connectivity index (χ2v) is 22.4. The largest absolute Gasteiger partial charge is 0.487 e. The van der Waals surface area contributed by atoms with Gasteiger partial charge in [0.2, 0.25) is 35.5 Å². The van der Waals surface area contributed by atoms with Crippen molar-refractivity contribution in [1.29, 1.82) is 0 Å². The SMILES string of the molecule is Cc1c(C)c(S(=O)(=O)NC(N)=NCCC[C@@H]2NC(=O)[C@H](CCCCNC(=O)OC(C)(C)C)NC(=O)[C@@H](Cc3ccccc3)NC(=O)[C@H](CC(=O)OC(C)(C)C)NC(=O)CNC2=O)c(C)c2c1OC(C)(C)CC2. The van der Waals surface area contributed by atoms with Gasteiger partial charge in [0.1, 0.15) is 46.7 Å². The van der Waals surface area contributed by atoms with E-state index < -0.39 is 112 Å². The fourth-order valence-corrected chi connectivity index (χ4v) is 9.68. The van der Waals surface area contributed by atoms with Gasteiger partial charge in [-0.3, -0.25) is 33.8 Å². The van der Waals surface area contributed by atoms with Crippen LogP contribution in [0.5, 0.6) is 5.75 Å². The van der Waals surface area contributed by atoms with Crippen molar-refractivity contribution in [2.24, 2.45) is 10.7 Å². The Kier molecular flexibility index (Phi) is 20.0. The number of sulfonamides is 1. The van der Waals surface area contributed by atoms with E-state index in [1.807, 2.05) is 20.8 Å². The lowest BCUT2D eigenvalue weighted by atomic mass is 9.88. The summed E-state index contributed by atoms with van der Waals surface area (Å²) in [5, 5.41) is 15.7. The van der Waals surface area contributed by atoms with Crippen LogP contribution in [0.25, 0.3) is 0 Å². The Labute approximate surface area is 423 Å². The molecule has 0 bridgehead atoms. The Morgan fingerprint density at radius 1 is 0.778 bits per heavy atom. The maximum Gasteiger partial charge on any atom is 0.407 e. The summed E-state index contributed by atoms with van der Waals surface area (Å²) in [7, 11) is -4.23. The van der Waals surface area contributed by atoms with Crippen molar-refractivity contribution < 1.29 is 56.2 Å². The van der Waals surface area contributed by atoms with Crippen molar-refractivity contribution in [2.75, 3.05) is 19.6 Å². The first-order chi connectivity index (χ1) is 33.4. The number of unbranched alkanes of at least 4 members (excludes halogenated alkanes) is 1. The summed E-state index contributed by atoms with van der Waals surface area (Å²) in [6.45, 7) is 18.7. The number of alkyl carbamates (subject to hydrolysis) is 1. The fraction of sp³-hybridized carbons (Fsp3) is 0.600. The van der Waals surface area contributed by atoms with E-state index in [1.54, 1.807) is 85.7 Å². The molecular formula is C50H75N9O12S. The van der Waals surface area contributed by atoms with Crippen LogP contribution >= 0.6 is 0 Å². The monoisotopic (exact) mass is 1030 g/mol. The number of nitrogens with two attached hydrogens (primary N) is 1. The number of hydrogen-bond donors (Lipinski definition) is 8. The fourth-order valence-electron chi connectivity index (χ4n) is 8.15. The number of carbonyl (C=O) groups excluding carboxylic acids is 7. The van der Waals surface area contributed by atoms with Crippen LogP contribution in [-0.4, -0.2) is 117 Å². The van der Waals surface area contributed by atoms with Crippen molar-refractivity contribution in [3.8, 4) is 5.75 Å². The molecule has 398 valence electrons. The first-order valence-corrected chi connectivity index (χ1v) is 25.8. The molecule has 72 heavy (non-hydrogen) atoms. The van der Waals surface area contributed by atoms with Gasteiger partial charge in [0.15, 0.2) is 0 Å². The number of fused-ring (bicyclic) bond motifs is 1. The highest BCUT2D eigenvalue weighted by Crippen LogP contribution is 2.42. The van der Waals surface area contributed by atoms with Crippen molar-refractivity contribution in [2.45, 2.75) is 180 Å². The van der Waals surface area contributed by atoms with Crippen LogP contribution in [-0.2, 0) is 61.1 Å². The number of amides is 6. The van der Waals surface area contributed by atoms with Gasteiger partial charge < -0.3 is 51.8 Å². The van der Waals surface area contributed by atoms with E-state index in [1.165, 1.54) is 0 Å². The van der Waals surface area contributed by atoms with Gasteiger partial charge in [-0.2, -0.15) is 0 Å². The molecule has 0 radical (unpaired) electrons. The summed E-state index contributed by atoms with van der Waals surface area (Å²) < 4.78 is 47.1. The summed E-state index contributed by atoms with van der Waals surface area (Å²) in [5.41, 5.74) is 7.27. The maximum atomic E-state index is 14.3. The van der Waals surface area contributed by atoms with E-state index in [9.17, 15) is 42.0 Å². The molecule has 9 N–H and O–H groups in total. The third-order valence-corrected chi connectivity index (χ3v) is 13.4. The summed E-state index contributed by atoms with van der Waals surface area (Å²) in [5.74, 6) is -4.68. The van der Waals surface area contributed by atoms with Crippen molar-refractivity contribution in [3.05, 3.63) is 58.1 Å². The van der Waals surface area contributed by atoms with E-state index in [2.05, 4.69) is 41.6 Å². The minimum Gasteiger partial charge on any atom is -0.487 e. The van der Waals surface area contributed by atoms with E-state index in [-0.39, 0.29) is 50.1 Å². The highest BCUT2D eigenvalue weighted by molar-refractivity contribution is 7.90. The second-order valence-electron chi connectivity index (χ2n) is 20.8. The van der Waals surface area contributed by atoms with Gasteiger partial charge in [0.05, 0.1) is 17.9 Å². The smallest absolute Gasteiger partial charge is 0.407 e. The van der Waals surface area contributed by atoms with Crippen LogP contribution in [0.15, 0.2) is 40.2 Å². The number of ether oxygens (including phenoxy) is 3. The number of nitrogens with zero attached hydrogens (tertiary/aromatic N) is 1. The lowest BCUT2D eigenvalue weighted by molar-refractivity contribution is -0.156. The third kappa shape index (κ3) is 18.0. The first-order valence-electron chi connectivity index (χ1n) is 24.3. The van der Waals surface area contributed by atoms with Gasteiger partial charge in [-0.25, -0.2) is 17.9 Å². The minimum absolute atomic E-state index is 0.0178. The van der Waals surface area contributed by atoms with Gasteiger partial charge in [-0.05, 0) is 149 Å². The lowest BCUT2D eigenvalue weighted by Crippen LogP contribution is -2.58. The quantitative estimate of drug-likeness (QED) is 0.0552. The topological polar surface area (TPSA) is 304 Å². The Morgan fingerprint density at radius 2 is 1.36 bits per heavy atom. The van der Waals surface area contributed by atoms with Crippen LogP contribution in [0.3, 0.4) is 0 Å². The first kappa shape index (κ1) is 58.1. The molecule has 0 aromatic heterocycles. The molecule has 4 rings (SSSR count). The zero-order chi connectivity index (χ0) is 53.8. The van der Waals surface area contributed by atoms with E-state index >= 15 is 0 Å². The number of nitrogens with one attached hydrogen (secondary N) is 7. The van der Waals surface area contributed by atoms with E-state index in [4.69, 9.17) is 19.9 Å². The molecule has 0 aliphatic carbocycles. The normalized spacial score (nSPS) is 20.4. The average molecular weight is 1030 g/mol. The van der Waals surface area contributed by atoms with Crippen LogP contribution in [0.4, 0.5) is 4.79 Å². The second kappa shape index (κ2) is 24.8. The Balaban J connectivity index is 1.60. The molecule has 2 aliphatic rings. The molecule has 4 atom stereocenters. The Morgan fingerprint density at radius 3 is 2.00 bits per heavy atom. The average Bonchev–Trinajstić information content (AvgIpc) is 3.25. The van der Waals surface area contributed by atoms with Crippen LogP contribution in [0, 0.1) is 20.8 Å². The van der Waals surface area contributed by atoms with Gasteiger partial charge in [0.25, 0.3) is 10.0 Å². The minimum atomic E-state index is -4.23. The van der Waals surface area contributed by atoms with Crippen molar-refractivity contribution in [3.63, 3.8) is 0 Å². The number of guanidine groups is 1. The molecule has 0 saturated carbocycles. The molecular weight excluding hydrogens is 951 g/mol. The third-order valence-electron chi connectivity index (χ3n) is 11.7. The summed E-state index contributed by atoms with van der Waals surface area (Å²) in [6.07, 6.45) is 0.644. The summed E-state index contributed by atoms with van der Waals surface area (Å²) in [6, 6.07) is 3.24. The standard InChI is InChI=1S/C50H75N9O12S/c1-29-30(2)41(31(3)33-22-23-50(10,11)70-40(29)33)72(67,68)59-46(51)52-25-17-21-34-42(62)54-28-38(60)55-37(27-39(61)69-48(4,5)6)45(65)58-36(26-32-18-13-12-14-19-32)44(64)57-35(43(63)56-34)20-15-16-24-53-47(66)71-49(7,8)9/h12-14,18-19,34-37H,15-17,20-28H2,1-11H3,(H,53,66)(H,54,62)(H,55,60)(H,56,63)(H,57,64)(H,58,65)(H3,51,52,59)/t34-,35-,36+,37-/m0/s1. The number of carbonyl (C=O) groups is 7. The zero-order valence-corrected chi connectivity index (χ0v) is 44.3. The molecule has 2 heterocycles. The van der Waals surface area contributed by atoms with Crippen molar-refractivity contribution >= 4 is 57.6 Å². The molecule has 22 heteroatoms. The molecule has 2 aliphatic heterocycles. The zero-order valence-electron chi connectivity index (χ0n) is 43.5. The number of aliphatic imine (C=N–C) groups is 1. The maximum absolute atomic E-state index is 14.3. The number of benzene rings is 2. The molecule has 0 spiro atoms. The predicted octanol–water partition coefficient (Wildman–Crippen LogP) is 2.83. The highest BCUT2D eigenvalue weighted by Gasteiger charge is 2.36. The van der Waals surface area contributed by atoms with E-state index in [0.29, 0.717) is 47.3 Å². The van der Waals surface area contributed by atoms with Crippen LogP contribution < -0.4 is 47.1 Å². The van der Waals surface area contributed by atoms with Gasteiger partial charge in [-0.15, -0.1) is 0 Å². The van der Waals surface area contributed by atoms with E-state index in [0.717, 1.165) is 5.56 Å². The Bertz CT molecular complexity index is 2470. The van der Waals surface area contributed by atoms with Crippen molar-refractivity contribution in [1.82, 2.24) is 36.6 Å². The number of hydrogen-bond acceptors (Lipinski definition) is 13. The van der Waals surface area contributed by atoms with Crippen LogP contribution in [0.2, 0.25) is 0 Å². The van der Waals surface area contributed by atoms with Gasteiger partial charge >= 0.3 is 12.1 Å². The molecule has 6 amide bonds. The molecule has 21 nitrogen and oxygen atoms in total. The van der Waals surface area contributed by atoms with Gasteiger partial charge in [-0.1, -0.05) is 30.3 Å². The number of esters is 1. The molecule has 2 aromatic carbocycles. The molecule has 0 unspecified atom stereocenters.